The van der Waals surface area contributed by atoms with Gasteiger partial charge in [0.2, 0.25) is 5.91 Å². The number of carboxylic acid groups (broad SMARTS) is 1. The van der Waals surface area contributed by atoms with E-state index < -0.39 is 11.9 Å². The van der Waals surface area contributed by atoms with Crippen LogP contribution in [0.15, 0.2) is 0 Å². The first-order valence-electron chi connectivity index (χ1n) is 4.66. The normalized spacial score (nSPS) is 24.4. The highest BCUT2D eigenvalue weighted by Crippen LogP contribution is 2.38. The van der Waals surface area contributed by atoms with Gasteiger partial charge in [0, 0.05) is 20.3 Å². The lowest BCUT2D eigenvalue weighted by Gasteiger charge is -2.03. The van der Waals surface area contributed by atoms with Crippen molar-refractivity contribution in [3.63, 3.8) is 0 Å². The zero-order chi connectivity index (χ0) is 10.6. The van der Waals surface area contributed by atoms with E-state index in [0.717, 1.165) is 6.42 Å². The monoisotopic (exact) mass is 201 g/mol. The Kier molecular flexibility index (Phi) is 3.88. The van der Waals surface area contributed by atoms with Crippen molar-refractivity contribution in [1.29, 1.82) is 0 Å². The molecule has 2 N–H and O–H groups in total. The number of carbonyl (C=O) groups excluding carboxylic acids is 1. The Morgan fingerprint density at radius 2 is 2.21 bits per heavy atom. The number of methoxy groups -OCH3 is 1. The minimum atomic E-state index is -0.873. The summed E-state index contributed by atoms with van der Waals surface area (Å²) in [6.07, 6.45) is 1.23. The molecule has 1 aliphatic rings. The number of aliphatic carboxylic acids is 1. The molecule has 2 atom stereocenters. The van der Waals surface area contributed by atoms with Gasteiger partial charge in [-0.25, -0.2) is 0 Å². The topological polar surface area (TPSA) is 75.6 Å². The molecule has 0 aromatic carbocycles. The van der Waals surface area contributed by atoms with E-state index in [0.29, 0.717) is 19.6 Å². The Labute approximate surface area is 82.4 Å². The van der Waals surface area contributed by atoms with Crippen molar-refractivity contribution >= 4 is 11.9 Å². The fraction of sp³-hybridized carbons (Fsp3) is 0.778. The summed E-state index contributed by atoms with van der Waals surface area (Å²) in [4.78, 5) is 21.7. The standard InChI is InChI=1S/C9H15NO4/c1-14-4-2-3-10-8(11)6-5-7(6)9(12)13/h6-7H,2-5H2,1H3,(H,10,11)(H,12,13). The fourth-order valence-electron chi connectivity index (χ4n) is 1.32. The quantitative estimate of drug-likeness (QED) is 0.586. The third-order valence-corrected chi connectivity index (χ3v) is 2.27. The predicted octanol–water partition coefficient (Wildman–Crippen LogP) is -0.140. The van der Waals surface area contributed by atoms with E-state index in [1.54, 1.807) is 7.11 Å². The van der Waals surface area contributed by atoms with Gasteiger partial charge in [0.15, 0.2) is 0 Å². The van der Waals surface area contributed by atoms with Gasteiger partial charge in [-0.1, -0.05) is 0 Å². The lowest BCUT2D eigenvalue weighted by Crippen LogP contribution is -2.27. The third-order valence-electron chi connectivity index (χ3n) is 2.27. The Morgan fingerprint density at radius 1 is 1.50 bits per heavy atom. The molecule has 0 radical (unpaired) electrons. The third kappa shape index (κ3) is 2.99. The van der Waals surface area contributed by atoms with Crippen molar-refractivity contribution in [3.8, 4) is 0 Å². The molecule has 0 bridgehead atoms. The summed E-state index contributed by atoms with van der Waals surface area (Å²) >= 11 is 0. The summed E-state index contributed by atoms with van der Waals surface area (Å²) in [7, 11) is 1.60. The highest BCUT2D eigenvalue weighted by molar-refractivity contribution is 5.89. The van der Waals surface area contributed by atoms with E-state index >= 15 is 0 Å². The number of carbonyl (C=O) groups is 2. The van der Waals surface area contributed by atoms with Crippen LogP contribution in [0.1, 0.15) is 12.8 Å². The number of amides is 1. The molecular weight excluding hydrogens is 186 g/mol. The summed E-state index contributed by atoms with van der Waals surface area (Å²) in [5.74, 6) is -1.79. The zero-order valence-corrected chi connectivity index (χ0v) is 8.16. The van der Waals surface area contributed by atoms with Crippen LogP contribution in [0.4, 0.5) is 0 Å². The molecule has 1 saturated carbocycles. The maximum absolute atomic E-state index is 11.3. The van der Waals surface area contributed by atoms with Crippen molar-refractivity contribution in [3.05, 3.63) is 0 Å². The van der Waals surface area contributed by atoms with Crippen LogP contribution >= 0.6 is 0 Å². The van der Waals surface area contributed by atoms with Crippen LogP contribution in [0, 0.1) is 11.8 Å². The molecule has 5 nitrogen and oxygen atoms in total. The summed E-state index contributed by atoms with van der Waals surface area (Å²) in [6, 6.07) is 0. The molecule has 14 heavy (non-hydrogen) atoms. The molecule has 0 aromatic heterocycles. The molecule has 2 unspecified atom stereocenters. The van der Waals surface area contributed by atoms with Gasteiger partial charge in [0.1, 0.15) is 0 Å². The SMILES string of the molecule is COCCCNC(=O)C1CC1C(=O)O. The van der Waals surface area contributed by atoms with E-state index in [1.807, 2.05) is 0 Å². The Bertz CT molecular complexity index is 229. The second-order valence-corrected chi connectivity index (χ2v) is 3.42. The number of hydrogen-bond donors (Lipinski definition) is 2. The molecule has 80 valence electrons. The van der Waals surface area contributed by atoms with Crippen molar-refractivity contribution in [2.24, 2.45) is 11.8 Å². The van der Waals surface area contributed by atoms with Gasteiger partial charge in [0.25, 0.3) is 0 Å². The highest BCUT2D eigenvalue weighted by atomic mass is 16.5. The van der Waals surface area contributed by atoms with Crippen molar-refractivity contribution in [1.82, 2.24) is 5.32 Å². The first-order chi connectivity index (χ1) is 6.66. The van der Waals surface area contributed by atoms with E-state index in [9.17, 15) is 9.59 Å². The minimum Gasteiger partial charge on any atom is -0.481 e. The Hall–Kier alpha value is -1.10. The molecule has 1 fully saturated rings. The van der Waals surface area contributed by atoms with Gasteiger partial charge < -0.3 is 15.2 Å². The van der Waals surface area contributed by atoms with E-state index in [4.69, 9.17) is 9.84 Å². The summed E-state index contributed by atoms with van der Waals surface area (Å²) < 4.78 is 4.81. The van der Waals surface area contributed by atoms with Gasteiger partial charge in [-0.15, -0.1) is 0 Å². The number of rotatable bonds is 6. The molecule has 0 heterocycles. The lowest BCUT2D eigenvalue weighted by atomic mass is 10.3. The number of ether oxygens (including phenoxy) is 1. The Balaban J connectivity index is 2.09. The molecule has 0 aromatic rings. The molecule has 1 amide bonds. The van der Waals surface area contributed by atoms with Crippen LogP contribution in [0.2, 0.25) is 0 Å². The largest absolute Gasteiger partial charge is 0.481 e. The summed E-state index contributed by atoms with van der Waals surface area (Å²) in [6.45, 7) is 1.16. The first kappa shape index (κ1) is 11.0. The number of nitrogens with one attached hydrogen (secondary N) is 1. The first-order valence-corrected chi connectivity index (χ1v) is 4.66. The molecule has 0 aliphatic heterocycles. The average Bonchev–Trinajstić information content (AvgIpc) is 2.91. The van der Waals surface area contributed by atoms with Crippen LogP contribution < -0.4 is 5.32 Å². The average molecular weight is 201 g/mol. The minimum absolute atomic E-state index is 0.145. The molecule has 1 rings (SSSR count). The van der Waals surface area contributed by atoms with Gasteiger partial charge in [0.05, 0.1) is 11.8 Å². The van der Waals surface area contributed by atoms with E-state index in [1.165, 1.54) is 0 Å². The van der Waals surface area contributed by atoms with Crippen LogP contribution in [0.25, 0.3) is 0 Å². The van der Waals surface area contributed by atoms with E-state index in [2.05, 4.69) is 5.32 Å². The van der Waals surface area contributed by atoms with Gasteiger partial charge in [-0.3, -0.25) is 9.59 Å². The number of hydrogen-bond acceptors (Lipinski definition) is 3. The van der Waals surface area contributed by atoms with E-state index in [-0.39, 0.29) is 11.8 Å². The molecular formula is C9H15NO4. The Morgan fingerprint density at radius 3 is 2.71 bits per heavy atom. The predicted molar refractivity (Wildman–Crippen MR) is 48.7 cm³/mol. The number of carboxylic acids is 1. The van der Waals surface area contributed by atoms with Gasteiger partial charge >= 0.3 is 5.97 Å². The van der Waals surface area contributed by atoms with Crippen molar-refractivity contribution in [2.75, 3.05) is 20.3 Å². The van der Waals surface area contributed by atoms with Gasteiger partial charge in [-0.05, 0) is 12.8 Å². The van der Waals surface area contributed by atoms with Crippen molar-refractivity contribution in [2.45, 2.75) is 12.8 Å². The fourth-order valence-corrected chi connectivity index (χ4v) is 1.32. The molecule has 0 spiro atoms. The second kappa shape index (κ2) is 4.95. The van der Waals surface area contributed by atoms with Crippen LogP contribution in [0.5, 0.6) is 0 Å². The smallest absolute Gasteiger partial charge is 0.307 e. The van der Waals surface area contributed by atoms with Gasteiger partial charge in [-0.2, -0.15) is 0 Å². The molecule has 1 aliphatic carbocycles. The van der Waals surface area contributed by atoms with Crippen LogP contribution in [-0.4, -0.2) is 37.2 Å². The zero-order valence-electron chi connectivity index (χ0n) is 8.16. The maximum Gasteiger partial charge on any atom is 0.307 e. The lowest BCUT2D eigenvalue weighted by molar-refractivity contribution is -0.140. The maximum atomic E-state index is 11.3. The highest BCUT2D eigenvalue weighted by Gasteiger charge is 2.48. The second-order valence-electron chi connectivity index (χ2n) is 3.42. The summed E-state index contributed by atoms with van der Waals surface area (Å²) in [5, 5.41) is 11.3. The summed E-state index contributed by atoms with van der Waals surface area (Å²) in [5.41, 5.74) is 0. The van der Waals surface area contributed by atoms with Crippen molar-refractivity contribution < 1.29 is 19.4 Å². The van der Waals surface area contributed by atoms with Crippen LogP contribution in [-0.2, 0) is 14.3 Å². The molecule has 0 saturated heterocycles. The molecule has 5 heteroatoms. The van der Waals surface area contributed by atoms with Crippen LogP contribution in [0.3, 0.4) is 0 Å².